The smallest absolute Gasteiger partial charge is 0.311 e. The monoisotopic (exact) mass is 399 g/mol. The van der Waals surface area contributed by atoms with Crippen molar-refractivity contribution in [3.05, 3.63) is 59.1 Å². The van der Waals surface area contributed by atoms with Crippen LogP contribution in [-0.4, -0.2) is 31.5 Å². The molecule has 4 rings (SSSR count). The second kappa shape index (κ2) is 6.63. The van der Waals surface area contributed by atoms with Crippen LogP contribution in [0.1, 0.15) is 12.5 Å². The van der Waals surface area contributed by atoms with Gasteiger partial charge < -0.3 is 9.47 Å². The van der Waals surface area contributed by atoms with Crippen molar-refractivity contribution in [3.63, 3.8) is 0 Å². The molecule has 0 bridgehead atoms. The summed E-state index contributed by atoms with van der Waals surface area (Å²) in [6.45, 7) is 1.87. The highest BCUT2D eigenvalue weighted by atomic mass is 35.5. The number of imide groups is 1. The molecule has 0 N–H and O–H groups in total. The van der Waals surface area contributed by atoms with E-state index in [1.165, 1.54) is 7.11 Å². The zero-order valence-corrected chi connectivity index (χ0v) is 16.1. The summed E-state index contributed by atoms with van der Waals surface area (Å²) in [4.78, 5) is 40.3. The lowest BCUT2D eigenvalue weighted by atomic mass is 9.91. The number of methoxy groups -OCH3 is 1. The lowest BCUT2D eigenvalue weighted by molar-refractivity contribution is -0.147. The topological polar surface area (TPSA) is 72.9 Å². The second-order valence-electron chi connectivity index (χ2n) is 6.76. The first-order valence-electron chi connectivity index (χ1n) is 8.92. The summed E-state index contributed by atoms with van der Waals surface area (Å²) >= 11 is 5.98. The van der Waals surface area contributed by atoms with E-state index >= 15 is 0 Å². The summed E-state index contributed by atoms with van der Waals surface area (Å²) in [5, 5.41) is 0.506. The maximum atomic E-state index is 13.5. The van der Waals surface area contributed by atoms with Gasteiger partial charge in [-0.3, -0.25) is 14.4 Å². The van der Waals surface area contributed by atoms with Gasteiger partial charge in [0.2, 0.25) is 11.8 Å². The molecule has 0 radical (unpaired) electrons. The van der Waals surface area contributed by atoms with Crippen LogP contribution in [0.2, 0.25) is 5.02 Å². The maximum Gasteiger partial charge on any atom is 0.311 e. The van der Waals surface area contributed by atoms with Gasteiger partial charge in [0.25, 0.3) is 0 Å². The number of carbonyl (C=O) groups excluding carboxylic acids is 3. The number of hydrogen-bond donors (Lipinski definition) is 0. The normalized spacial score (nSPS) is 25.5. The number of ether oxygens (including phenoxy) is 2. The van der Waals surface area contributed by atoms with Crippen LogP contribution >= 0.6 is 11.6 Å². The molecular weight excluding hydrogens is 382 g/mol. The van der Waals surface area contributed by atoms with Crippen LogP contribution in [0.5, 0.6) is 5.75 Å². The highest BCUT2D eigenvalue weighted by Gasteiger charge is 2.83. The quantitative estimate of drug-likeness (QED) is 0.571. The van der Waals surface area contributed by atoms with Gasteiger partial charge in [0.15, 0.2) is 0 Å². The van der Waals surface area contributed by atoms with Gasteiger partial charge in [-0.15, -0.1) is 0 Å². The van der Waals surface area contributed by atoms with Crippen molar-refractivity contribution in [2.45, 2.75) is 12.3 Å². The highest BCUT2D eigenvalue weighted by Crippen LogP contribution is 2.66. The van der Waals surface area contributed by atoms with Crippen molar-refractivity contribution < 1.29 is 23.9 Å². The number of anilines is 1. The molecule has 144 valence electrons. The van der Waals surface area contributed by atoms with E-state index in [0.29, 0.717) is 22.0 Å². The molecule has 0 spiro atoms. The Morgan fingerprint density at radius 2 is 1.89 bits per heavy atom. The Kier molecular flexibility index (Phi) is 4.38. The molecule has 2 aromatic rings. The maximum absolute atomic E-state index is 13.5. The van der Waals surface area contributed by atoms with Crippen molar-refractivity contribution >= 4 is 35.1 Å². The minimum Gasteiger partial charge on any atom is -0.497 e. The number of amides is 2. The van der Waals surface area contributed by atoms with Gasteiger partial charge in [-0.1, -0.05) is 29.8 Å². The van der Waals surface area contributed by atoms with E-state index in [0.717, 1.165) is 4.90 Å². The van der Waals surface area contributed by atoms with E-state index in [1.54, 1.807) is 55.5 Å². The average molecular weight is 400 g/mol. The third kappa shape index (κ3) is 2.44. The minimum absolute atomic E-state index is 0.181. The van der Waals surface area contributed by atoms with Gasteiger partial charge in [0, 0.05) is 11.1 Å². The molecule has 1 saturated heterocycles. The molecule has 2 fully saturated rings. The molecule has 2 amide bonds. The van der Waals surface area contributed by atoms with Crippen LogP contribution < -0.4 is 9.64 Å². The predicted octanol–water partition coefficient (Wildman–Crippen LogP) is 2.97. The third-order valence-corrected chi connectivity index (χ3v) is 5.67. The molecule has 6 nitrogen and oxygen atoms in total. The van der Waals surface area contributed by atoms with Crippen LogP contribution in [-0.2, 0) is 24.5 Å². The van der Waals surface area contributed by atoms with Crippen LogP contribution in [0.25, 0.3) is 0 Å². The summed E-state index contributed by atoms with van der Waals surface area (Å²) in [5.74, 6) is -2.46. The molecule has 2 aliphatic rings. The number of piperidine rings is 1. The number of rotatable bonds is 5. The standard InChI is InChI=1S/C21H18ClNO5/c1-3-28-19(25)17-16-18(24)23(14-5-4-6-15(11-14)27-2)20(26)21(16,17)12-7-9-13(22)10-8-12/h4-11,16-17H,3H2,1-2H3/t16-,17-,21+/m1/s1. The van der Waals surface area contributed by atoms with Crippen LogP contribution in [0.3, 0.4) is 0 Å². The average Bonchev–Trinajstić information content (AvgIpc) is 3.34. The van der Waals surface area contributed by atoms with Gasteiger partial charge in [-0.25, -0.2) is 4.90 Å². The van der Waals surface area contributed by atoms with E-state index in [-0.39, 0.29) is 6.61 Å². The molecule has 0 unspecified atom stereocenters. The zero-order chi connectivity index (χ0) is 20.1. The first-order valence-corrected chi connectivity index (χ1v) is 9.29. The van der Waals surface area contributed by atoms with E-state index in [1.807, 2.05) is 0 Å². The fraction of sp³-hybridized carbons (Fsp3) is 0.286. The molecular formula is C21H18ClNO5. The molecule has 7 heteroatoms. The van der Waals surface area contributed by atoms with Crippen molar-refractivity contribution in [1.29, 1.82) is 0 Å². The van der Waals surface area contributed by atoms with Gasteiger partial charge in [0.1, 0.15) is 11.2 Å². The molecule has 2 aromatic carbocycles. The van der Waals surface area contributed by atoms with Gasteiger partial charge >= 0.3 is 5.97 Å². The summed E-state index contributed by atoms with van der Waals surface area (Å²) < 4.78 is 10.3. The SMILES string of the molecule is CCOC(=O)[C@H]1[C@@H]2C(=O)N(c3cccc(OC)c3)C(=O)[C@]12c1ccc(Cl)cc1. The Labute approximate surface area is 167 Å². The highest BCUT2D eigenvalue weighted by molar-refractivity contribution is 6.32. The summed E-state index contributed by atoms with van der Waals surface area (Å²) in [6.07, 6.45) is 0. The molecule has 1 aliphatic carbocycles. The van der Waals surface area contributed by atoms with Gasteiger partial charge in [0.05, 0.1) is 31.2 Å². The van der Waals surface area contributed by atoms with Gasteiger partial charge in [-0.05, 0) is 36.8 Å². The van der Waals surface area contributed by atoms with E-state index in [4.69, 9.17) is 21.1 Å². The molecule has 1 saturated carbocycles. The third-order valence-electron chi connectivity index (χ3n) is 5.42. The zero-order valence-electron chi connectivity index (χ0n) is 15.3. The fourth-order valence-electron chi connectivity index (χ4n) is 4.17. The number of halogens is 1. The Morgan fingerprint density at radius 1 is 1.18 bits per heavy atom. The molecule has 1 heterocycles. The van der Waals surface area contributed by atoms with Crippen molar-refractivity contribution in [2.75, 3.05) is 18.6 Å². The van der Waals surface area contributed by atoms with E-state index < -0.39 is 35.0 Å². The Hall–Kier alpha value is -2.86. The molecule has 0 aromatic heterocycles. The minimum atomic E-state index is -1.25. The molecule has 1 aliphatic heterocycles. The molecule has 3 atom stereocenters. The molecule has 28 heavy (non-hydrogen) atoms. The van der Waals surface area contributed by atoms with E-state index in [9.17, 15) is 14.4 Å². The van der Waals surface area contributed by atoms with E-state index in [2.05, 4.69) is 0 Å². The number of fused-ring (bicyclic) bond motifs is 1. The number of benzene rings is 2. The summed E-state index contributed by atoms with van der Waals surface area (Å²) in [6, 6.07) is 13.4. The van der Waals surface area contributed by atoms with Crippen LogP contribution in [0.15, 0.2) is 48.5 Å². The summed E-state index contributed by atoms with van der Waals surface area (Å²) in [5.41, 5.74) is -0.252. The van der Waals surface area contributed by atoms with Crippen molar-refractivity contribution in [2.24, 2.45) is 11.8 Å². The number of esters is 1. The van der Waals surface area contributed by atoms with Crippen molar-refractivity contribution in [3.8, 4) is 5.75 Å². The fourth-order valence-corrected chi connectivity index (χ4v) is 4.30. The number of hydrogen-bond acceptors (Lipinski definition) is 5. The second-order valence-corrected chi connectivity index (χ2v) is 7.20. The first kappa shape index (κ1) is 18.5. The lowest BCUT2D eigenvalue weighted by Crippen LogP contribution is -2.40. The number of carbonyl (C=O) groups is 3. The van der Waals surface area contributed by atoms with Crippen LogP contribution in [0, 0.1) is 11.8 Å². The van der Waals surface area contributed by atoms with Crippen molar-refractivity contribution in [1.82, 2.24) is 0 Å². The van der Waals surface area contributed by atoms with Gasteiger partial charge in [-0.2, -0.15) is 0 Å². The predicted molar refractivity (Wildman–Crippen MR) is 102 cm³/mol. The first-order chi connectivity index (χ1) is 13.5. The van der Waals surface area contributed by atoms with Crippen LogP contribution in [0.4, 0.5) is 5.69 Å². The number of nitrogens with zero attached hydrogens (tertiary/aromatic N) is 1. The lowest BCUT2D eigenvalue weighted by Gasteiger charge is -2.22. The Balaban J connectivity index is 1.80. The Morgan fingerprint density at radius 3 is 2.54 bits per heavy atom. The largest absolute Gasteiger partial charge is 0.497 e. The Bertz CT molecular complexity index is 973. The summed E-state index contributed by atoms with van der Waals surface area (Å²) in [7, 11) is 1.51.